The van der Waals surface area contributed by atoms with Gasteiger partial charge >= 0.3 is 0 Å². The van der Waals surface area contributed by atoms with E-state index in [9.17, 15) is 14.8 Å². The Morgan fingerprint density at radius 1 is 1.00 bits per heavy atom. The Morgan fingerprint density at radius 2 is 1.73 bits per heavy atom. The summed E-state index contributed by atoms with van der Waals surface area (Å²) in [6.45, 7) is 1.35. The minimum Gasteiger partial charge on any atom is -0.494 e. The number of aromatic nitrogens is 2. The van der Waals surface area contributed by atoms with E-state index in [4.69, 9.17) is 0 Å². The van der Waals surface area contributed by atoms with Crippen LogP contribution in [0.15, 0.2) is 47.6 Å². The first kappa shape index (κ1) is 19.7. The standard InChI is InChI=1S/C22H23N5O3/c1-26(2)10-11-27(3)22(29)13-8-9-17-15(12-13)18(21(28)24-17)20-19(25-30)14-6-4-5-7-16(14)23-20/h4-9,12,23-24,28H,10-11H2,1-3H3. The lowest BCUT2D eigenvalue weighted by Gasteiger charge is -2.19. The number of benzene rings is 2. The number of aromatic amines is 2. The largest absolute Gasteiger partial charge is 0.494 e. The number of para-hydroxylation sites is 1. The van der Waals surface area contributed by atoms with Crippen molar-refractivity contribution >= 4 is 33.4 Å². The number of fused-ring (bicyclic) bond motifs is 2. The molecular formula is C22H23N5O3. The van der Waals surface area contributed by atoms with Gasteiger partial charge in [0.1, 0.15) is 5.69 Å². The highest BCUT2D eigenvalue weighted by molar-refractivity contribution is 6.09. The van der Waals surface area contributed by atoms with Crippen LogP contribution in [0, 0.1) is 4.91 Å². The van der Waals surface area contributed by atoms with Crippen LogP contribution in [0.4, 0.5) is 5.69 Å². The predicted octanol–water partition coefficient (Wildman–Crippen LogP) is 4.05. The summed E-state index contributed by atoms with van der Waals surface area (Å²) in [6.07, 6.45) is 0. The number of H-pyrrole nitrogens is 2. The van der Waals surface area contributed by atoms with Crippen molar-refractivity contribution in [3.63, 3.8) is 0 Å². The van der Waals surface area contributed by atoms with Crippen molar-refractivity contribution in [2.75, 3.05) is 34.2 Å². The summed E-state index contributed by atoms with van der Waals surface area (Å²) in [6, 6.07) is 12.5. The molecule has 4 aromatic rings. The molecule has 0 saturated heterocycles. The molecule has 0 aliphatic carbocycles. The van der Waals surface area contributed by atoms with Crippen LogP contribution >= 0.6 is 0 Å². The van der Waals surface area contributed by atoms with E-state index in [0.29, 0.717) is 39.7 Å². The van der Waals surface area contributed by atoms with Gasteiger partial charge in [-0.05, 0) is 43.5 Å². The Morgan fingerprint density at radius 3 is 2.47 bits per heavy atom. The third-order valence-corrected chi connectivity index (χ3v) is 5.27. The van der Waals surface area contributed by atoms with Crippen LogP contribution in [-0.2, 0) is 0 Å². The molecule has 0 atom stereocenters. The number of likely N-dealkylation sites (N-methyl/N-ethyl adjacent to an activating group) is 2. The first-order valence-corrected chi connectivity index (χ1v) is 9.60. The smallest absolute Gasteiger partial charge is 0.253 e. The molecular weight excluding hydrogens is 382 g/mol. The molecule has 0 bridgehead atoms. The molecule has 8 heteroatoms. The van der Waals surface area contributed by atoms with Crippen molar-refractivity contribution < 1.29 is 9.90 Å². The summed E-state index contributed by atoms with van der Waals surface area (Å²) in [5.74, 6) is -0.206. The molecule has 0 spiro atoms. The van der Waals surface area contributed by atoms with Gasteiger partial charge in [0.25, 0.3) is 5.91 Å². The zero-order chi connectivity index (χ0) is 21.4. The van der Waals surface area contributed by atoms with Crippen LogP contribution in [0.3, 0.4) is 0 Å². The molecule has 1 amide bonds. The average molecular weight is 405 g/mol. The summed E-state index contributed by atoms with van der Waals surface area (Å²) >= 11 is 0. The third kappa shape index (κ3) is 3.31. The van der Waals surface area contributed by atoms with Gasteiger partial charge in [-0.2, -0.15) is 0 Å². The Bertz CT molecular complexity index is 1250. The normalized spacial score (nSPS) is 11.5. The Kier molecular flexibility index (Phi) is 5.01. The zero-order valence-corrected chi connectivity index (χ0v) is 17.1. The maximum atomic E-state index is 12.9. The van der Waals surface area contributed by atoms with Gasteiger partial charge in [0.05, 0.1) is 11.3 Å². The van der Waals surface area contributed by atoms with Crippen molar-refractivity contribution in [3.8, 4) is 17.1 Å². The number of nitroso groups, excluding NO2 is 1. The maximum Gasteiger partial charge on any atom is 0.253 e. The van der Waals surface area contributed by atoms with Crippen molar-refractivity contribution in [2.24, 2.45) is 5.18 Å². The van der Waals surface area contributed by atoms with Gasteiger partial charge in [-0.3, -0.25) is 4.79 Å². The number of carbonyl (C=O) groups is 1. The monoisotopic (exact) mass is 405 g/mol. The molecule has 2 aromatic carbocycles. The number of nitrogens with zero attached hydrogens (tertiary/aromatic N) is 3. The lowest BCUT2D eigenvalue weighted by molar-refractivity contribution is 0.0786. The van der Waals surface area contributed by atoms with E-state index < -0.39 is 0 Å². The summed E-state index contributed by atoms with van der Waals surface area (Å²) < 4.78 is 0. The lowest BCUT2D eigenvalue weighted by atomic mass is 10.0. The summed E-state index contributed by atoms with van der Waals surface area (Å²) in [7, 11) is 5.67. The van der Waals surface area contributed by atoms with E-state index in [0.717, 1.165) is 12.1 Å². The van der Waals surface area contributed by atoms with E-state index in [1.807, 2.05) is 37.2 Å². The van der Waals surface area contributed by atoms with Gasteiger partial charge in [0.2, 0.25) is 0 Å². The molecule has 0 unspecified atom stereocenters. The number of amides is 1. The zero-order valence-electron chi connectivity index (χ0n) is 17.1. The van der Waals surface area contributed by atoms with Crippen LogP contribution in [0.5, 0.6) is 5.88 Å². The Labute approximate surface area is 173 Å². The second kappa shape index (κ2) is 7.64. The van der Waals surface area contributed by atoms with Crippen molar-refractivity contribution in [1.29, 1.82) is 0 Å². The lowest BCUT2D eigenvalue weighted by Crippen LogP contribution is -2.33. The molecule has 4 rings (SSSR count). The molecule has 2 heterocycles. The molecule has 0 aliphatic heterocycles. The van der Waals surface area contributed by atoms with E-state index in [2.05, 4.69) is 15.1 Å². The van der Waals surface area contributed by atoms with E-state index in [1.165, 1.54) is 0 Å². The number of hydrogen-bond acceptors (Lipinski definition) is 5. The van der Waals surface area contributed by atoms with Crippen LogP contribution in [0.1, 0.15) is 10.4 Å². The summed E-state index contributed by atoms with van der Waals surface area (Å²) in [5, 5.41) is 15.1. The SMILES string of the molecule is CN(C)CCN(C)C(=O)c1ccc2[nH]c(O)c(-c3[nH]c4ccccc4c3N=O)c2c1. The van der Waals surface area contributed by atoms with Crippen molar-refractivity contribution in [1.82, 2.24) is 19.8 Å². The molecule has 2 aromatic heterocycles. The van der Waals surface area contributed by atoms with Gasteiger partial charge < -0.3 is 24.9 Å². The predicted molar refractivity (Wildman–Crippen MR) is 118 cm³/mol. The summed E-state index contributed by atoms with van der Waals surface area (Å²) in [4.78, 5) is 34.3. The van der Waals surface area contributed by atoms with Crippen LogP contribution in [0.2, 0.25) is 0 Å². The van der Waals surface area contributed by atoms with E-state index >= 15 is 0 Å². The first-order chi connectivity index (χ1) is 14.4. The Balaban J connectivity index is 1.82. The van der Waals surface area contributed by atoms with Crippen LogP contribution in [0.25, 0.3) is 33.1 Å². The summed E-state index contributed by atoms with van der Waals surface area (Å²) in [5.41, 5.74) is 2.96. The van der Waals surface area contributed by atoms with Crippen LogP contribution in [-0.4, -0.2) is 65.0 Å². The van der Waals surface area contributed by atoms with Crippen molar-refractivity contribution in [3.05, 3.63) is 52.9 Å². The second-order valence-electron chi connectivity index (χ2n) is 7.62. The fraction of sp³-hybridized carbons (Fsp3) is 0.227. The van der Waals surface area contributed by atoms with Gasteiger partial charge in [-0.15, -0.1) is 4.91 Å². The molecule has 0 radical (unpaired) electrons. The number of hydrogen-bond donors (Lipinski definition) is 3. The van der Waals surface area contributed by atoms with E-state index in [1.54, 1.807) is 36.2 Å². The maximum absolute atomic E-state index is 12.9. The molecule has 0 aliphatic rings. The average Bonchev–Trinajstić information content (AvgIpc) is 3.26. The highest BCUT2D eigenvalue weighted by atomic mass is 16.3. The molecule has 3 N–H and O–H groups in total. The molecule has 8 nitrogen and oxygen atoms in total. The van der Waals surface area contributed by atoms with Gasteiger partial charge in [0.15, 0.2) is 5.88 Å². The number of rotatable bonds is 6. The fourth-order valence-corrected chi connectivity index (χ4v) is 3.64. The van der Waals surface area contributed by atoms with Gasteiger partial charge in [-0.25, -0.2) is 0 Å². The Hall–Kier alpha value is -3.65. The van der Waals surface area contributed by atoms with E-state index in [-0.39, 0.29) is 17.5 Å². The molecule has 154 valence electrons. The molecule has 0 saturated carbocycles. The quantitative estimate of drug-likeness (QED) is 0.421. The molecule has 30 heavy (non-hydrogen) atoms. The van der Waals surface area contributed by atoms with Crippen LogP contribution < -0.4 is 0 Å². The number of nitrogens with one attached hydrogen (secondary N) is 2. The highest BCUT2D eigenvalue weighted by Crippen LogP contribution is 2.44. The minimum atomic E-state index is -0.115. The molecule has 0 fully saturated rings. The topological polar surface area (TPSA) is 105 Å². The minimum absolute atomic E-state index is 0.0907. The first-order valence-electron chi connectivity index (χ1n) is 9.60. The number of aromatic hydroxyl groups is 1. The highest BCUT2D eigenvalue weighted by Gasteiger charge is 2.22. The fourth-order valence-electron chi connectivity index (χ4n) is 3.64. The van der Waals surface area contributed by atoms with Gasteiger partial charge in [0, 0.05) is 47.5 Å². The van der Waals surface area contributed by atoms with Gasteiger partial charge in [-0.1, -0.05) is 18.2 Å². The second-order valence-corrected chi connectivity index (χ2v) is 7.62. The van der Waals surface area contributed by atoms with Crippen molar-refractivity contribution in [2.45, 2.75) is 0 Å². The number of carbonyl (C=O) groups excluding carboxylic acids is 1. The third-order valence-electron chi connectivity index (χ3n) is 5.27.